The lowest BCUT2D eigenvalue weighted by Crippen LogP contribution is -2.29. The van der Waals surface area contributed by atoms with Crippen molar-refractivity contribution in [3.63, 3.8) is 0 Å². The maximum absolute atomic E-state index is 6.55. The third kappa shape index (κ3) is 2.24. The smallest absolute Gasteiger partial charge is 0.140 e. The first-order valence-electron chi connectivity index (χ1n) is 6.88. The standard InChI is InChI=1S/C17H19ClN2/c1-19-15(13-9-5-3-6-10-13)16(20(2)17(19)18)14-11-7-4-8-12-14/h3-12,15-17H,1-2H3. The summed E-state index contributed by atoms with van der Waals surface area (Å²) in [4.78, 5) is 4.46. The molecule has 2 aromatic carbocycles. The molecule has 1 aliphatic heterocycles. The summed E-state index contributed by atoms with van der Waals surface area (Å²) in [7, 11) is 4.18. The van der Waals surface area contributed by atoms with Crippen LogP contribution in [0.2, 0.25) is 0 Å². The van der Waals surface area contributed by atoms with Gasteiger partial charge in [0.1, 0.15) is 5.62 Å². The molecule has 104 valence electrons. The molecule has 1 fully saturated rings. The molecule has 3 rings (SSSR count). The third-order valence-electron chi connectivity index (χ3n) is 4.13. The zero-order chi connectivity index (χ0) is 14.1. The number of alkyl halides is 1. The van der Waals surface area contributed by atoms with E-state index in [1.807, 2.05) is 0 Å². The summed E-state index contributed by atoms with van der Waals surface area (Å²) in [5, 5.41) is 0. The molecule has 2 unspecified atom stereocenters. The van der Waals surface area contributed by atoms with Crippen LogP contribution in [0.15, 0.2) is 60.7 Å². The van der Waals surface area contributed by atoms with Crippen LogP contribution in [0.25, 0.3) is 0 Å². The Hall–Kier alpha value is -1.35. The summed E-state index contributed by atoms with van der Waals surface area (Å²) in [6.07, 6.45) is 0. The first-order chi connectivity index (χ1) is 9.70. The minimum atomic E-state index is -0.0922. The highest BCUT2D eigenvalue weighted by molar-refractivity contribution is 6.20. The molecule has 2 aromatic rings. The fourth-order valence-electron chi connectivity index (χ4n) is 3.13. The number of rotatable bonds is 2. The van der Waals surface area contributed by atoms with Gasteiger partial charge in [-0.2, -0.15) is 0 Å². The zero-order valence-corrected chi connectivity index (χ0v) is 12.5. The molecule has 1 saturated heterocycles. The minimum absolute atomic E-state index is 0.0922. The van der Waals surface area contributed by atoms with Crippen molar-refractivity contribution in [3.8, 4) is 0 Å². The van der Waals surface area contributed by atoms with Crippen molar-refractivity contribution in [2.75, 3.05) is 14.1 Å². The number of hydrogen-bond acceptors (Lipinski definition) is 2. The number of benzene rings is 2. The van der Waals surface area contributed by atoms with Crippen LogP contribution < -0.4 is 0 Å². The molecule has 3 heteroatoms. The van der Waals surface area contributed by atoms with Gasteiger partial charge in [-0.15, -0.1) is 0 Å². The Morgan fingerprint density at radius 3 is 1.40 bits per heavy atom. The van der Waals surface area contributed by atoms with Crippen LogP contribution >= 0.6 is 11.6 Å². The summed E-state index contributed by atoms with van der Waals surface area (Å²) in [5.74, 6) is 0. The minimum Gasteiger partial charge on any atom is -0.269 e. The quantitative estimate of drug-likeness (QED) is 0.611. The number of halogens is 1. The molecular formula is C17H19ClN2. The fourth-order valence-corrected chi connectivity index (χ4v) is 3.38. The second-order valence-corrected chi connectivity index (χ2v) is 5.74. The van der Waals surface area contributed by atoms with Gasteiger partial charge in [-0.3, -0.25) is 9.80 Å². The summed E-state index contributed by atoms with van der Waals surface area (Å²) in [6, 6.07) is 21.7. The molecule has 0 bridgehead atoms. The van der Waals surface area contributed by atoms with Crippen molar-refractivity contribution in [3.05, 3.63) is 71.8 Å². The van der Waals surface area contributed by atoms with Gasteiger partial charge in [0.2, 0.25) is 0 Å². The molecule has 0 spiro atoms. The van der Waals surface area contributed by atoms with Crippen molar-refractivity contribution in [2.24, 2.45) is 0 Å². The second kappa shape index (κ2) is 5.57. The van der Waals surface area contributed by atoms with E-state index in [0.717, 1.165) is 0 Å². The molecule has 1 heterocycles. The maximum Gasteiger partial charge on any atom is 0.140 e. The van der Waals surface area contributed by atoms with Crippen molar-refractivity contribution >= 4 is 11.6 Å². The molecule has 0 saturated carbocycles. The van der Waals surface area contributed by atoms with Gasteiger partial charge in [-0.25, -0.2) is 0 Å². The highest BCUT2D eigenvalue weighted by Crippen LogP contribution is 2.45. The van der Waals surface area contributed by atoms with Gasteiger partial charge < -0.3 is 0 Å². The van der Waals surface area contributed by atoms with Gasteiger partial charge in [-0.1, -0.05) is 72.3 Å². The van der Waals surface area contributed by atoms with Crippen LogP contribution in [0.5, 0.6) is 0 Å². The monoisotopic (exact) mass is 286 g/mol. The van der Waals surface area contributed by atoms with E-state index in [4.69, 9.17) is 11.6 Å². The lowest BCUT2D eigenvalue weighted by Gasteiger charge is -2.26. The van der Waals surface area contributed by atoms with E-state index in [0.29, 0.717) is 0 Å². The molecule has 0 amide bonds. The fraction of sp³-hybridized carbons (Fsp3) is 0.294. The Morgan fingerprint density at radius 2 is 1.05 bits per heavy atom. The lowest BCUT2D eigenvalue weighted by molar-refractivity contribution is 0.242. The molecule has 1 aliphatic rings. The van der Waals surface area contributed by atoms with Crippen LogP contribution in [0, 0.1) is 0 Å². The summed E-state index contributed by atoms with van der Waals surface area (Å²) in [5.41, 5.74) is 2.52. The van der Waals surface area contributed by atoms with Crippen molar-refractivity contribution in [1.82, 2.24) is 9.80 Å². The Balaban J connectivity index is 2.05. The van der Waals surface area contributed by atoms with Crippen molar-refractivity contribution in [2.45, 2.75) is 17.7 Å². The average molecular weight is 287 g/mol. The molecule has 2 atom stereocenters. The molecule has 2 nitrogen and oxygen atoms in total. The highest BCUT2D eigenvalue weighted by atomic mass is 35.5. The topological polar surface area (TPSA) is 6.48 Å². The van der Waals surface area contributed by atoms with Gasteiger partial charge in [0.15, 0.2) is 0 Å². The number of hydrogen-bond donors (Lipinski definition) is 0. The van der Waals surface area contributed by atoms with Crippen LogP contribution in [0.1, 0.15) is 23.2 Å². The van der Waals surface area contributed by atoms with Gasteiger partial charge in [0, 0.05) is 0 Å². The van der Waals surface area contributed by atoms with Gasteiger partial charge in [0.25, 0.3) is 0 Å². The van der Waals surface area contributed by atoms with E-state index in [2.05, 4.69) is 84.6 Å². The first kappa shape index (κ1) is 13.6. The zero-order valence-electron chi connectivity index (χ0n) is 11.8. The van der Waals surface area contributed by atoms with E-state index < -0.39 is 0 Å². The Morgan fingerprint density at radius 1 is 0.700 bits per heavy atom. The van der Waals surface area contributed by atoms with Crippen LogP contribution in [0.3, 0.4) is 0 Å². The Labute approximate surface area is 125 Å². The molecule has 0 aromatic heterocycles. The summed E-state index contributed by atoms with van der Waals surface area (Å²) >= 11 is 6.55. The summed E-state index contributed by atoms with van der Waals surface area (Å²) < 4.78 is 0. The Bertz CT molecular complexity index is 506. The van der Waals surface area contributed by atoms with Gasteiger partial charge in [-0.05, 0) is 25.2 Å². The highest BCUT2D eigenvalue weighted by Gasteiger charge is 2.43. The normalized spacial score (nSPS) is 27.9. The van der Waals surface area contributed by atoms with E-state index >= 15 is 0 Å². The van der Waals surface area contributed by atoms with Crippen molar-refractivity contribution in [1.29, 1.82) is 0 Å². The molecule has 0 aliphatic carbocycles. The predicted molar refractivity (Wildman–Crippen MR) is 83.5 cm³/mol. The third-order valence-corrected chi connectivity index (χ3v) is 4.75. The Kier molecular flexibility index (Phi) is 3.79. The average Bonchev–Trinajstić information content (AvgIpc) is 2.73. The van der Waals surface area contributed by atoms with Crippen molar-refractivity contribution < 1.29 is 0 Å². The van der Waals surface area contributed by atoms with E-state index in [9.17, 15) is 0 Å². The van der Waals surface area contributed by atoms with Gasteiger partial charge in [0.05, 0.1) is 12.1 Å². The SMILES string of the molecule is CN1C(c2ccccc2)C(c2ccccc2)N(C)C1Cl. The molecule has 0 radical (unpaired) electrons. The van der Waals surface area contributed by atoms with Crippen LogP contribution in [-0.4, -0.2) is 29.5 Å². The predicted octanol–water partition coefficient (Wildman–Crippen LogP) is 3.87. The second-order valence-electron chi connectivity index (χ2n) is 5.35. The van der Waals surface area contributed by atoms with E-state index in [1.165, 1.54) is 11.1 Å². The molecular weight excluding hydrogens is 268 g/mol. The van der Waals surface area contributed by atoms with Gasteiger partial charge >= 0.3 is 0 Å². The summed E-state index contributed by atoms with van der Waals surface area (Å²) in [6.45, 7) is 0. The van der Waals surface area contributed by atoms with Crippen LogP contribution in [0.4, 0.5) is 0 Å². The maximum atomic E-state index is 6.55. The largest absolute Gasteiger partial charge is 0.269 e. The van der Waals surface area contributed by atoms with E-state index in [-0.39, 0.29) is 17.7 Å². The molecule has 0 N–H and O–H groups in total. The number of nitrogens with zero attached hydrogens (tertiary/aromatic N) is 2. The number of likely N-dealkylation sites (N-methyl/N-ethyl adjacent to an activating group) is 2. The van der Waals surface area contributed by atoms with E-state index in [1.54, 1.807) is 0 Å². The molecule has 20 heavy (non-hydrogen) atoms. The first-order valence-corrected chi connectivity index (χ1v) is 7.31. The lowest BCUT2D eigenvalue weighted by atomic mass is 9.93. The van der Waals surface area contributed by atoms with Crippen LogP contribution in [-0.2, 0) is 0 Å².